The first-order chi connectivity index (χ1) is 11.0. The van der Waals surface area contributed by atoms with Gasteiger partial charge in [0.1, 0.15) is 4.88 Å². The van der Waals surface area contributed by atoms with Crippen molar-refractivity contribution in [2.45, 2.75) is 20.8 Å². The molecule has 1 aromatic heterocycles. The molecule has 0 amide bonds. The Morgan fingerprint density at radius 3 is 2.43 bits per heavy atom. The van der Waals surface area contributed by atoms with Gasteiger partial charge in [-0.05, 0) is 0 Å². The average molecular weight is 330 g/mol. The number of ketones is 1. The second-order valence-electron chi connectivity index (χ2n) is 6.72. The van der Waals surface area contributed by atoms with Crippen molar-refractivity contribution in [1.82, 2.24) is 4.98 Å². The van der Waals surface area contributed by atoms with Crippen LogP contribution in [-0.2, 0) is 4.74 Å². The minimum atomic E-state index is -0.418. The first-order valence-corrected chi connectivity index (χ1v) is 8.72. The monoisotopic (exact) mass is 330 g/mol. The Morgan fingerprint density at radius 1 is 1.17 bits per heavy atom. The Bertz CT molecular complexity index is 683. The number of ether oxygens (including phenoxy) is 1. The number of carbonyl (C=O) groups is 1. The number of aromatic nitrogens is 1. The summed E-state index contributed by atoms with van der Waals surface area (Å²) in [5.74, 6) is 0.147. The summed E-state index contributed by atoms with van der Waals surface area (Å²) in [7, 11) is 0. The fourth-order valence-corrected chi connectivity index (χ4v) is 3.78. The van der Waals surface area contributed by atoms with Gasteiger partial charge in [0.25, 0.3) is 0 Å². The fraction of sp³-hybridized carbons (Fsp3) is 0.444. The molecule has 1 fully saturated rings. The first kappa shape index (κ1) is 16.1. The van der Waals surface area contributed by atoms with Crippen LogP contribution in [0.4, 0.5) is 5.13 Å². The molecule has 4 nitrogen and oxygen atoms in total. The number of carbonyl (C=O) groups excluding carboxylic acids is 1. The predicted octanol–water partition coefficient (Wildman–Crippen LogP) is 3.88. The predicted molar refractivity (Wildman–Crippen MR) is 94.4 cm³/mol. The number of thiazole rings is 1. The maximum Gasteiger partial charge on any atom is 0.186 e. The number of anilines is 1. The van der Waals surface area contributed by atoms with Gasteiger partial charge >= 0.3 is 0 Å². The highest BCUT2D eigenvalue weighted by Crippen LogP contribution is 2.37. The van der Waals surface area contributed by atoms with Gasteiger partial charge in [0.15, 0.2) is 10.9 Å². The van der Waals surface area contributed by atoms with E-state index in [1.807, 2.05) is 51.1 Å². The van der Waals surface area contributed by atoms with Crippen LogP contribution in [0.15, 0.2) is 30.3 Å². The van der Waals surface area contributed by atoms with Crippen LogP contribution < -0.4 is 4.90 Å². The van der Waals surface area contributed by atoms with Gasteiger partial charge in [-0.25, -0.2) is 4.98 Å². The minimum Gasteiger partial charge on any atom is -0.378 e. The summed E-state index contributed by atoms with van der Waals surface area (Å²) in [4.78, 5) is 20.7. The molecule has 0 saturated carbocycles. The van der Waals surface area contributed by atoms with Crippen LogP contribution in [0.5, 0.6) is 0 Å². The van der Waals surface area contributed by atoms with Crippen LogP contribution >= 0.6 is 11.3 Å². The first-order valence-electron chi connectivity index (χ1n) is 7.90. The van der Waals surface area contributed by atoms with Crippen LogP contribution in [0.25, 0.3) is 11.3 Å². The molecule has 2 heterocycles. The third-order valence-corrected chi connectivity index (χ3v) is 4.95. The number of Topliss-reactive ketones (excluding diaryl/α,β-unsaturated/α-hetero) is 1. The molecular weight excluding hydrogens is 308 g/mol. The molecule has 23 heavy (non-hydrogen) atoms. The molecule has 1 aromatic carbocycles. The van der Waals surface area contributed by atoms with E-state index >= 15 is 0 Å². The number of morpholine rings is 1. The Kier molecular flexibility index (Phi) is 4.50. The van der Waals surface area contributed by atoms with E-state index in [0.29, 0.717) is 13.2 Å². The molecular formula is C18H22N2O2S. The number of rotatable bonds is 3. The van der Waals surface area contributed by atoms with Crippen LogP contribution in [0.1, 0.15) is 30.4 Å². The Morgan fingerprint density at radius 2 is 1.83 bits per heavy atom. The highest BCUT2D eigenvalue weighted by molar-refractivity contribution is 7.18. The molecule has 1 aliphatic heterocycles. The molecule has 0 bridgehead atoms. The second kappa shape index (κ2) is 6.42. The zero-order valence-corrected chi connectivity index (χ0v) is 14.7. The average Bonchev–Trinajstić information content (AvgIpc) is 3.00. The zero-order chi connectivity index (χ0) is 16.4. The van der Waals surface area contributed by atoms with Crippen molar-refractivity contribution < 1.29 is 9.53 Å². The van der Waals surface area contributed by atoms with Crippen molar-refractivity contribution in [3.63, 3.8) is 0 Å². The standard InChI is InChI=1S/C18H22N2O2S/c1-18(2,3)16(21)15-14(13-7-5-4-6-8-13)19-17(23-15)20-9-11-22-12-10-20/h4-8H,9-12H2,1-3H3. The van der Waals surface area contributed by atoms with Gasteiger partial charge in [-0.15, -0.1) is 0 Å². The highest BCUT2D eigenvalue weighted by Gasteiger charge is 2.30. The van der Waals surface area contributed by atoms with Gasteiger partial charge in [0.2, 0.25) is 0 Å². The van der Waals surface area contributed by atoms with E-state index in [9.17, 15) is 4.79 Å². The maximum atomic E-state index is 12.9. The molecule has 0 atom stereocenters. The number of nitrogens with zero attached hydrogens (tertiary/aromatic N) is 2. The van der Waals surface area contributed by atoms with Crippen molar-refractivity contribution in [3.05, 3.63) is 35.2 Å². The SMILES string of the molecule is CC(C)(C)C(=O)c1sc(N2CCOCC2)nc1-c1ccccc1. The summed E-state index contributed by atoms with van der Waals surface area (Å²) in [5, 5.41) is 0.916. The summed E-state index contributed by atoms with van der Waals surface area (Å²) in [6.07, 6.45) is 0. The van der Waals surface area contributed by atoms with Crippen LogP contribution in [-0.4, -0.2) is 37.1 Å². The molecule has 122 valence electrons. The van der Waals surface area contributed by atoms with Gasteiger partial charge in [-0.3, -0.25) is 4.79 Å². The molecule has 1 aliphatic rings. The van der Waals surface area contributed by atoms with Crippen molar-refractivity contribution in [2.24, 2.45) is 5.41 Å². The second-order valence-corrected chi connectivity index (χ2v) is 7.70. The van der Waals surface area contributed by atoms with Gasteiger partial charge in [0.05, 0.1) is 18.9 Å². The van der Waals surface area contributed by atoms with Gasteiger partial charge < -0.3 is 9.64 Å². The fourth-order valence-electron chi connectivity index (χ4n) is 2.48. The van der Waals surface area contributed by atoms with E-state index in [1.54, 1.807) is 0 Å². The zero-order valence-electron chi connectivity index (χ0n) is 13.8. The molecule has 5 heteroatoms. The lowest BCUT2D eigenvalue weighted by Gasteiger charge is -2.26. The minimum absolute atomic E-state index is 0.147. The summed E-state index contributed by atoms with van der Waals surface area (Å²) < 4.78 is 5.41. The van der Waals surface area contributed by atoms with E-state index < -0.39 is 5.41 Å². The lowest BCUT2D eigenvalue weighted by molar-refractivity contribution is 0.0863. The lowest BCUT2D eigenvalue weighted by Crippen LogP contribution is -2.36. The summed E-state index contributed by atoms with van der Waals surface area (Å²) in [6.45, 7) is 8.94. The van der Waals surface area contributed by atoms with E-state index in [0.717, 1.165) is 34.4 Å². The van der Waals surface area contributed by atoms with Crippen molar-refractivity contribution in [2.75, 3.05) is 31.2 Å². The third-order valence-electron chi connectivity index (χ3n) is 3.83. The topological polar surface area (TPSA) is 42.4 Å². The maximum absolute atomic E-state index is 12.9. The summed E-state index contributed by atoms with van der Waals surface area (Å²) >= 11 is 1.51. The number of hydrogen-bond donors (Lipinski definition) is 0. The Hall–Kier alpha value is -1.72. The molecule has 0 spiro atoms. The highest BCUT2D eigenvalue weighted by atomic mass is 32.1. The molecule has 0 N–H and O–H groups in total. The molecule has 2 aromatic rings. The van der Waals surface area contributed by atoms with Gasteiger partial charge in [0, 0.05) is 24.1 Å². The van der Waals surface area contributed by atoms with E-state index in [1.165, 1.54) is 11.3 Å². The third kappa shape index (κ3) is 3.46. The summed E-state index contributed by atoms with van der Waals surface area (Å²) in [5.41, 5.74) is 1.38. The lowest BCUT2D eigenvalue weighted by atomic mass is 9.89. The smallest absolute Gasteiger partial charge is 0.186 e. The van der Waals surface area contributed by atoms with E-state index in [-0.39, 0.29) is 5.78 Å². The van der Waals surface area contributed by atoms with Crippen molar-refractivity contribution in [1.29, 1.82) is 0 Å². The summed E-state index contributed by atoms with van der Waals surface area (Å²) in [6, 6.07) is 9.96. The molecule has 0 unspecified atom stereocenters. The molecule has 0 aliphatic carbocycles. The quantitative estimate of drug-likeness (QED) is 0.801. The van der Waals surface area contributed by atoms with Gasteiger partial charge in [-0.1, -0.05) is 62.4 Å². The van der Waals surface area contributed by atoms with Crippen molar-refractivity contribution >= 4 is 22.3 Å². The molecule has 0 radical (unpaired) electrons. The number of benzene rings is 1. The van der Waals surface area contributed by atoms with E-state index in [2.05, 4.69) is 4.90 Å². The Labute approximate surface area is 141 Å². The van der Waals surface area contributed by atoms with Crippen LogP contribution in [0, 0.1) is 5.41 Å². The largest absolute Gasteiger partial charge is 0.378 e. The van der Waals surface area contributed by atoms with Gasteiger partial charge in [-0.2, -0.15) is 0 Å². The normalized spacial score (nSPS) is 15.7. The Balaban J connectivity index is 2.05. The van der Waals surface area contributed by atoms with E-state index in [4.69, 9.17) is 9.72 Å². The van der Waals surface area contributed by atoms with Crippen LogP contribution in [0.3, 0.4) is 0 Å². The molecule has 3 rings (SSSR count). The van der Waals surface area contributed by atoms with Crippen molar-refractivity contribution in [3.8, 4) is 11.3 Å². The number of hydrogen-bond acceptors (Lipinski definition) is 5. The molecule has 1 saturated heterocycles. The van der Waals surface area contributed by atoms with Crippen LogP contribution in [0.2, 0.25) is 0 Å².